The third-order valence-electron chi connectivity index (χ3n) is 3.97. The van der Waals surface area contributed by atoms with E-state index in [1.54, 1.807) is 6.20 Å². The van der Waals surface area contributed by atoms with E-state index in [4.69, 9.17) is 4.74 Å². The SMILES string of the molecule is Cc1cccc(Cn2nccc2NC(=O)C2CCOCC2)c1. The van der Waals surface area contributed by atoms with Crippen molar-refractivity contribution in [1.29, 1.82) is 0 Å². The van der Waals surface area contributed by atoms with E-state index in [9.17, 15) is 4.79 Å². The zero-order chi connectivity index (χ0) is 15.4. The summed E-state index contributed by atoms with van der Waals surface area (Å²) in [5.41, 5.74) is 2.39. The lowest BCUT2D eigenvalue weighted by molar-refractivity contribution is -0.122. The van der Waals surface area contributed by atoms with E-state index in [1.165, 1.54) is 11.1 Å². The van der Waals surface area contributed by atoms with Crippen LogP contribution in [0.3, 0.4) is 0 Å². The maximum atomic E-state index is 12.3. The molecule has 0 atom stereocenters. The quantitative estimate of drug-likeness (QED) is 0.944. The summed E-state index contributed by atoms with van der Waals surface area (Å²) in [6.45, 7) is 4.06. The number of nitrogens with zero attached hydrogens (tertiary/aromatic N) is 2. The fraction of sp³-hybridized carbons (Fsp3) is 0.412. The lowest BCUT2D eigenvalue weighted by atomic mass is 9.99. The minimum Gasteiger partial charge on any atom is -0.381 e. The van der Waals surface area contributed by atoms with Gasteiger partial charge in [-0.05, 0) is 25.3 Å². The molecule has 1 aromatic heterocycles. The van der Waals surface area contributed by atoms with Crippen LogP contribution in [0, 0.1) is 12.8 Å². The maximum absolute atomic E-state index is 12.3. The summed E-state index contributed by atoms with van der Waals surface area (Å²) in [5.74, 6) is 0.850. The van der Waals surface area contributed by atoms with E-state index in [2.05, 4.69) is 35.5 Å². The smallest absolute Gasteiger partial charge is 0.228 e. The number of aromatic nitrogens is 2. The lowest BCUT2D eigenvalue weighted by Crippen LogP contribution is -2.29. The third kappa shape index (κ3) is 3.54. The number of aryl methyl sites for hydroxylation is 1. The van der Waals surface area contributed by atoms with Crippen molar-refractivity contribution < 1.29 is 9.53 Å². The molecule has 0 radical (unpaired) electrons. The number of hydrogen-bond acceptors (Lipinski definition) is 3. The number of carbonyl (C=O) groups excluding carboxylic acids is 1. The summed E-state index contributed by atoms with van der Waals surface area (Å²) in [7, 11) is 0. The van der Waals surface area contributed by atoms with Gasteiger partial charge in [-0.15, -0.1) is 0 Å². The van der Waals surface area contributed by atoms with Gasteiger partial charge in [0.2, 0.25) is 5.91 Å². The van der Waals surface area contributed by atoms with Gasteiger partial charge in [-0.3, -0.25) is 4.79 Å². The number of hydrogen-bond donors (Lipinski definition) is 1. The topological polar surface area (TPSA) is 56.2 Å². The molecule has 0 bridgehead atoms. The van der Waals surface area contributed by atoms with Gasteiger partial charge in [0, 0.05) is 25.2 Å². The molecule has 0 unspecified atom stereocenters. The molecule has 1 N–H and O–H groups in total. The van der Waals surface area contributed by atoms with Gasteiger partial charge in [-0.2, -0.15) is 5.10 Å². The van der Waals surface area contributed by atoms with Crippen LogP contribution in [0.1, 0.15) is 24.0 Å². The Bertz CT molecular complexity index is 645. The molecule has 1 amide bonds. The molecule has 1 fully saturated rings. The van der Waals surface area contributed by atoms with Crippen molar-refractivity contribution in [3.05, 3.63) is 47.7 Å². The first-order valence-electron chi connectivity index (χ1n) is 7.68. The molecule has 0 spiro atoms. The van der Waals surface area contributed by atoms with Crippen LogP contribution in [0.25, 0.3) is 0 Å². The van der Waals surface area contributed by atoms with Crippen molar-refractivity contribution in [2.45, 2.75) is 26.3 Å². The highest BCUT2D eigenvalue weighted by atomic mass is 16.5. The zero-order valence-electron chi connectivity index (χ0n) is 12.8. The normalized spacial score (nSPS) is 15.7. The fourth-order valence-electron chi connectivity index (χ4n) is 2.74. The van der Waals surface area contributed by atoms with E-state index >= 15 is 0 Å². The summed E-state index contributed by atoms with van der Waals surface area (Å²) in [5, 5.41) is 7.32. The molecular weight excluding hydrogens is 278 g/mol. The van der Waals surface area contributed by atoms with Crippen molar-refractivity contribution in [2.24, 2.45) is 5.92 Å². The number of benzene rings is 1. The molecule has 3 rings (SSSR count). The van der Waals surface area contributed by atoms with Crippen LogP contribution in [-0.2, 0) is 16.1 Å². The average Bonchev–Trinajstić information content (AvgIpc) is 2.95. The van der Waals surface area contributed by atoms with Gasteiger partial charge in [-0.1, -0.05) is 29.8 Å². The first-order valence-corrected chi connectivity index (χ1v) is 7.68. The van der Waals surface area contributed by atoms with E-state index < -0.39 is 0 Å². The number of carbonyl (C=O) groups is 1. The van der Waals surface area contributed by atoms with Crippen LogP contribution in [0.5, 0.6) is 0 Å². The second-order valence-electron chi connectivity index (χ2n) is 5.74. The Balaban J connectivity index is 1.68. The van der Waals surface area contributed by atoms with Crippen LogP contribution in [0.2, 0.25) is 0 Å². The number of rotatable bonds is 4. The Morgan fingerprint density at radius 2 is 2.18 bits per heavy atom. The van der Waals surface area contributed by atoms with E-state index in [1.807, 2.05) is 16.8 Å². The average molecular weight is 299 g/mol. The summed E-state index contributed by atoms with van der Waals surface area (Å²) in [4.78, 5) is 12.3. The molecule has 2 aromatic rings. The molecule has 1 aromatic carbocycles. The molecule has 5 nitrogen and oxygen atoms in total. The highest BCUT2D eigenvalue weighted by molar-refractivity contribution is 5.91. The standard InChI is InChI=1S/C17H21N3O2/c1-13-3-2-4-14(11-13)12-20-16(5-8-18-20)19-17(21)15-6-9-22-10-7-15/h2-5,8,11,15H,6-7,9-10,12H2,1H3,(H,19,21). The van der Waals surface area contributed by atoms with Gasteiger partial charge in [0.1, 0.15) is 5.82 Å². The van der Waals surface area contributed by atoms with Crippen LogP contribution >= 0.6 is 0 Å². The third-order valence-corrected chi connectivity index (χ3v) is 3.97. The predicted octanol–water partition coefficient (Wildman–Crippen LogP) is 2.60. The Hall–Kier alpha value is -2.14. The molecule has 1 aliphatic heterocycles. The minimum atomic E-state index is 0.0380. The molecule has 1 aliphatic rings. The van der Waals surface area contributed by atoms with Gasteiger partial charge in [-0.25, -0.2) is 4.68 Å². The van der Waals surface area contributed by atoms with Crippen molar-refractivity contribution in [3.63, 3.8) is 0 Å². The van der Waals surface area contributed by atoms with Crippen molar-refractivity contribution >= 4 is 11.7 Å². The number of anilines is 1. The van der Waals surface area contributed by atoms with E-state index in [0.29, 0.717) is 19.8 Å². The molecule has 2 heterocycles. The van der Waals surface area contributed by atoms with E-state index in [-0.39, 0.29) is 11.8 Å². The summed E-state index contributed by atoms with van der Waals surface area (Å²) >= 11 is 0. The van der Waals surface area contributed by atoms with E-state index in [0.717, 1.165) is 18.7 Å². The highest BCUT2D eigenvalue weighted by Gasteiger charge is 2.22. The Kier molecular flexibility index (Phi) is 4.53. The summed E-state index contributed by atoms with van der Waals surface area (Å²) in [6.07, 6.45) is 3.30. The van der Waals surface area contributed by atoms with Gasteiger partial charge < -0.3 is 10.1 Å². The molecule has 0 aliphatic carbocycles. The van der Waals surface area contributed by atoms with Crippen molar-refractivity contribution in [3.8, 4) is 0 Å². The summed E-state index contributed by atoms with van der Waals surface area (Å²) < 4.78 is 7.13. The van der Waals surface area contributed by atoms with Gasteiger partial charge in [0.05, 0.1) is 12.7 Å². The summed E-state index contributed by atoms with van der Waals surface area (Å²) in [6, 6.07) is 10.1. The molecule has 1 saturated heterocycles. The Morgan fingerprint density at radius 3 is 2.95 bits per heavy atom. The molecule has 116 valence electrons. The van der Waals surface area contributed by atoms with Crippen LogP contribution in [0.15, 0.2) is 36.5 Å². The minimum absolute atomic E-state index is 0.0380. The predicted molar refractivity (Wildman–Crippen MR) is 84.7 cm³/mol. The van der Waals surface area contributed by atoms with Crippen molar-refractivity contribution in [1.82, 2.24) is 9.78 Å². The van der Waals surface area contributed by atoms with Crippen molar-refractivity contribution in [2.75, 3.05) is 18.5 Å². The van der Waals surface area contributed by atoms with Crippen LogP contribution < -0.4 is 5.32 Å². The zero-order valence-corrected chi connectivity index (χ0v) is 12.8. The maximum Gasteiger partial charge on any atom is 0.228 e. The number of amides is 1. The molecule has 22 heavy (non-hydrogen) atoms. The van der Waals surface area contributed by atoms with Gasteiger partial charge in [0.15, 0.2) is 0 Å². The fourth-order valence-corrected chi connectivity index (χ4v) is 2.74. The molecular formula is C17H21N3O2. The first-order chi connectivity index (χ1) is 10.7. The lowest BCUT2D eigenvalue weighted by Gasteiger charge is -2.21. The van der Waals surface area contributed by atoms with Crippen LogP contribution in [0.4, 0.5) is 5.82 Å². The monoisotopic (exact) mass is 299 g/mol. The van der Waals surface area contributed by atoms with Crippen LogP contribution in [-0.4, -0.2) is 28.9 Å². The Labute approximate surface area is 130 Å². The molecule has 5 heteroatoms. The number of ether oxygens (including phenoxy) is 1. The first kappa shape index (κ1) is 14.8. The molecule has 0 saturated carbocycles. The highest BCUT2D eigenvalue weighted by Crippen LogP contribution is 2.18. The largest absolute Gasteiger partial charge is 0.381 e. The Morgan fingerprint density at radius 1 is 1.36 bits per heavy atom. The second kappa shape index (κ2) is 6.75. The van der Waals surface area contributed by atoms with Gasteiger partial charge >= 0.3 is 0 Å². The number of nitrogens with one attached hydrogen (secondary N) is 1. The second-order valence-corrected chi connectivity index (χ2v) is 5.74. The van der Waals surface area contributed by atoms with Gasteiger partial charge in [0.25, 0.3) is 0 Å².